The maximum absolute atomic E-state index is 12.8. The van der Waals surface area contributed by atoms with Crippen LogP contribution in [-0.4, -0.2) is 44.5 Å². The monoisotopic (exact) mass is 380 g/mol. The molecule has 142 valence electrons. The molecule has 1 saturated heterocycles. The highest BCUT2D eigenvalue weighted by molar-refractivity contribution is 7.92. The van der Waals surface area contributed by atoms with E-state index in [-0.39, 0.29) is 24.4 Å². The van der Waals surface area contributed by atoms with Crippen molar-refractivity contribution in [3.05, 3.63) is 0 Å². The number of sulfone groups is 1. The van der Waals surface area contributed by atoms with Crippen molar-refractivity contribution in [3.8, 4) is 0 Å². The minimum Gasteiger partial charge on any atom is -0.352 e. The number of halogens is 1. The van der Waals surface area contributed by atoms with E-state index in [1.165, 1.54) is 38.4 Å². The van der Waals surface area contributed by atoms with Crippen LogP contribution >= 0.6 is 12.4 Å². The molecule has 0 radical (unpaired) electrons. The van der Waals surface area contributed by atoms with Gasteiger partial charge in [0.1, 0.15) is 0 Å². The zero-order valence-corrected chi connectivity index (χ0v) is 16.8. The smallest absolute Gasteiger partial charge is 0.241 e. The maximum atomic E-state index is 12.8. The minimum atomic E-state index is -3.43. The number of piperidine rings is 1. The maximum Gasteiger partial charge on any atom is 0.241 e. The van der Waals surface area contributed by atoms with E-state index < -0.39 is 14.6 Å². The van der Waals surface area contributed by atoms with E-state index in [2.05, 4.69) is 17.6 Å². The fraction of sp³-hybridized carbons (Fsp3) is 0.941. The van der Waals surface area contributed by atoms with Crippen molar-refractivity contribution in [1.29, 1.82) is 0 Å². The Morgan fingerprint density at radius 2 is 1.67 bits per heavy atom. The fourth-order valence-electron chi connectivity index (χ4n) is 4.13. The first kappa shape index (κ1) is 21.7. The highest BCUT2D eigenvalue weighted by Gasteiger charge is 2.49. The van der Waals surface area contributed by atoms with Gasteiger partial charge in [0.05, 0.1) is 0 Å². The van der Waals surface area contributed by atoms with E-state index in [1.54, 1.807) is 0 Å². The number of hydrogen-bond acceptors (Lipinski definition) is 4. The summed E-state index contributed by atoms with van der Waals surface area (Å²) in [6, 6.07) is 0.0131. The summed E-state index contributed by atoms with van der Waals surface area (Å²) in [5.41, 5.74) is 0. The second-order valence-electron chi connectivity index (χ2n) is 7.54. The van der Waals surface area contributed by atoms with E-state index >= 15 is 0 Å². The van der Waals surface area contributed by atoms with Crippen LogP contribution in [0, 0.1) is 11.8 Å². The van der Waals surface area contributed by atoms with Gasteiger partial charge >= 0.3 is 0 Å². The third-order valence-corrected chi connectivity index (χ3v) is 8.09. The first-order chi connectivity index (χ1) is 10.8. The molecule has 0 aromatic rings. The predicted molar refractivity (Wildman–Crippen MR) is 100 cm³/mol. The molecule has 1 aliphatic heterocycles. The summed E-state index contributed by atoms with van der Waals surface area (Å²) in [6.07, 6.45) is 8.24. The van der Waals surface area contributed by atoms with Gasteiger partial charge in [0, 0.05) is 12.3 Å². The largest absolute Gasteiger partial charge is 0.352 e. The molecule has 2 N–H and O–H groups in total. The Hall–Kier alpha value is -0.330. The van der Waals surface area contributed by atoms with Crippen molar-refractivity contribution < 1.29 is 13.2 Å². The van der Waals surface area contributed by atoms with Gasteiger partial charge in [-0.1, -0.05) is 39.0 Å². The van der Waals surface area contributed by atoms with Crippen LogP contribution in [0.4, 0.5) is 0 Å². The second-order valence-corrected chi connectivity index (χ2v) is 9.86. The molecule has 2 aliphatic rings. The fourth-order valence-corrected chi connectivity index (χ4v) is 5.48. The highest BCUT2D eigenvalue weighted by Crippen LogP contribution is 2.33. The molecular formula is C17H33ClN2O3S. The topological polar surface area (TPSA) is 75.3 Å². The molecule has 1 aliphatic carbocycles. The van der Waals surface area contributed by atoms with Crippen molar-refractivity contribution in [2.75, 3.05) is 19.3 Å². The zero-order valence-electron chi connectivity index (χ0n) is 15.1. The molecule has 2 unspecified atom stereocenters. The van der Waals surface area contributed by atoms with Gasteiger partial charge < -0.3 is 10.6 Å². The van der Waals surface area contributed by atoms with Gasteiger partial charge in [0.25, 0.3) is 0 Å². The Labute approximate surface area is 153 Å². The normalized spacial score (nSPS) is 24.5. The third-order valence-electron chi connectivity index (χ3n) is 6.08. The number of amides is 1. The van der Waals surface area contributed by atoms with Crippen molar-refractivity contribution in [2.24, 2.45) is 11.8 Å². The van der Waals surface area contributed by atoms with Gasteiger partial charge in [-0.25, -0.2) is 8.42 Å². The average molecular weight is 381 g/mol. The Kier molecular flexibility index (Phi) is 8.01. The molecule has 5 nitrogen and oxygen atoms in total. The third kappa shape index (κ3) is 4.64. The Bertz CT molecular complexity index is 512. The quantitative estimate of drug-likeness (QED) is 0.767. The molecule has 0 aromatic carbocycles. The summed E-state index contributed by atoms with van der Waals surface area (Å²) in [6.45, 7) is 5.37. The first-order valence-electron chi connectivity index (χ1n) is 8.99. The number of carbonyl (C=O) groups is 1. The van der Waals surface area contributed by atoms with Crippen molar-refractivity contribution in [1.82, 2.24) is 10.6 Å². The Morgan fingerprint density at radius 3 is 2.17 bits per heavy atom. The van der Waals surface area contributed by atoms with Gasteiger partial charge in [-0.15, -0.1) is 12.4 Å². The molecule has 2 rings (SSSR count). The summed E-state index contributed by atoms with van der Waals surface area (Å²) in [5.74, 6) is 0.732. The number of rotatable bonds is 5. The molecule has 7 heteroatoms. The Morgan fingerprint density at radius 1 is 1.12 bits per heavy atom. The van der Waals surface area contributed by atoms with Crippen LogP contribution in [0.5, 0.6) is 0 Å². The molecule has 0 aromatic heterocycles. The minimum absolute atomic E-state index is 0. The van der Waals surface area contributed by atoms with Crippen molar-refractivity contribution in [3.63, 3.8) is 0 Å². The lowest BCUT2D eigenvalue weighted by atomic mass is 9.78. The van der Waals surface area contributed by atoms with Crippen LogP contribution in [0.2, 0.25) is 0 Å². The molecule has 1 saturated carbocycles. The lowest BCUT2D eigenvalue weighted by Gasteiger charge is -2.37. The standard InChI is InChI=1S/C17H32N2O3S.ClH/c1-13(15-7-5-4-6-8-15)14(2)19-16(20)17(23(3,21)22)9-11-18-12-10-17;/h13-15,18H,4-12H2,1-3H3,(H,19,20);1H. The molecule has 0 bridgehead atoms. The van der Waals surface area contributed by atoms with Crippen LogP contribution in [0.1, 0.15) is 58.8 Å². The SMILES string of the molecule is CC(NC(=O)C1(S(C)(=O)=O)CCNCC1)C(C)C1CCCCC1.Cl. The number of nitrogens with one attached hydrogen (secondary N) is 2. The second kappa shape index (κ2) is 8.86. The van der Waals surface area contributed by atoms with Crippen molar-refractivity contribution >= 4 is 28.2 Å². The summed E-state index contributed by atoms with van der Waals surface area (Å²) in [5, 5.41) is 6.20. The van der Waals surface area contributed by atoms with Crippen LogP contribution in [-0.2, 0) is 14.6 Å². The lowest BCUT2D eigenvalue weighted by molar-refractivity contribution is -0.125. The van der Waals surface area contributed by atoms with E-state index in [0.29, 0.717) is 37.8 Å². The predicted octanol–water partition coefficient (Wildman–Crippen LogP) is 2.30. The Balaban J connectivity index is 0.00000288. The molecule has 24 heavy (non-hydrogen) atoms. The van der Waals surface area contributed by atoms with Gasteiger partial charge in [-0.3, -0.25) is 4.79 Å². The molecule has 0 spiro atoms. The summed E-state index contributed by atoms with van der Waals surface area (Å²) in [4.78, 5) is 12.8. The summed E-state index contributed by atoms with van der Waals surface area (Å²) >= 11 is 0. The van der Waals surface area contributed by atoms with Crippen LogP contribution < -0.4 is 10.6 Å². The van der Waals surface area contributed by atoms with E-state index in [1.807, 2.05) is 6.92 Å². The number of carbonyl (C=O) groups excluding carboxylic acids is 1. The average Bonchev–Trinajstić information content (AvgIpc) is 2.54. The molecule has 1 heterocycles. The van der Waals surface area contributed by atoms with Crippen LogP contribution in [0.3, 0.4) is 0 Å². The van der Waals surface area contributed by atoms with Gasteiger partial charge in [-0.2, -0.15) is 0 Å². The van der Waals surface area contributed by atoms with Gasteiger partial charge in [0.2, 0.25) is 5.91 Å². The molecule has 1 amide bonds. The lowest BCUT2D eigenvalue weighted by Crippen LogP contribution is -2.59. The highest BCUT2D eigenvalue weighted by atomic mass is 35.5. The number of hydrogen-bond donors (Lipinski definition) is 2. The van der Waals surface area contributed by atoms with E-state index in [9.17, 15) is 13.2 Å². The van der Waals surface area contributed by atoms with Gasteiger partial charge in [0.15, 0.2) is 14.6 Å². The summed E-state index contributed by atoms with van der Waals surface area (Å²) < 4.78 is 23.4. The molecule has 2 atom stereocenters. The first-order valence-corrected chi connectivity index (χ1v) is 10.9. The molecule has 2 fully saturated rings. The van der Waals surface area contributed by atoms with Crippen LogP contribution in [0.25, 0.3) is 0 Å². The van der Waals surface area contributed by atoms with Gasteiger partial charge in [-0.05, 0) is 44.7 Å². The van der Waals surface area contributed by atoms with Crippen LogP contribution in [0.15, 0.2) is 0 Å². The van der Waals surface area contributed by atoms with E-state index in [4.69, 9.17) is 0 Å². The molecular weight excluding hydrogens is 348 g/mol. The summed E-state index contributed by atoms with van der Waals surface area (Å²) in [7, 11) is -3.43. The van der Waals surface area contributed by atoms with E-state index in [0.717, 1.165) is 0 Å². The zero-order chi connectivity index (χ0) is 17.1. The van der Waals surface area contributed by atoms with Crippen molar-refractivity contribution in [2.45, 2.75) is 69.6 Å².